The molecule has 1 aliphatic heterocycles. The van der Waals surface area contributed by atoms with Gasteiger partial charge in [-0.1, -0.05) is 0 Å². The third-order valence-electron chi connectivity index (χ3n) is 3.39. The van der Waals surface area contributed by atoms with E-state index in [-0.39, 0.29) is 11.9 Å². The Hall–Kier alpha value is -2.44. The molecule has 0 spiro atoms. The normalized spacial score (nSPS) is 18.7. The number of hydrogen-bond acceptors (Lipinski definition) is 5. The molecule has 0 bridgehead atoms. The smallest absolute Gasteiger partial charge is 0.328 e. The summed E-state index contributed by atoms with van der Waals surface area (Å²) in [6.07, 6.45) is 8.36. The zero-order valence-electron chi connectivity index (χ0n) is 11.8. The molecule has 1 aromatic heterocycles. The minimum Gasteiger partial charge on any atom is -0.478 e. The van der Waals surface area contributed by atoms with Gasteiger partial charge in [0.25, 0.3) is 0 Å². The Morgan fingerprint density at radius 1 is 1.38 bits per heavy atom. The summed E-state index contributed by atoms with van der Waals surface area (Å²) in [6, 6.07) is -0.246. The maximum Gasteiger partial charge on any atom is 0.328 e. The summed E-state index contributed by atoms with van der Waals surface area (Å²) in [4.78, 5) is 32.7. The summed E-state index contributed by atoms with van der Waals surface area (Å²) in [5.41, 5.74) is 0.606. The molecule has 1 fully saturated rings. The van der Waals surface area contributed by atoms with Gasteiger partial charge in [0, 0.05) is 37.6 Å². The highest BCUT2D eigenvalue weighted by Crippen LogP contribution is 2.21. The van der Waals surface area contributed by atoms with Crippen LogP contribution in [0.1, 0.15) is 24.8 Å². The van der Waals surface area contributed by atoms with Gasteiger partial charge in [-0.25, -0.2) is 14.8 Å². The Bertz CT molecular complexity index is 542. The molecule has 7 heteroatoms. The van der Waals surface area contributed by atoms with E-state index in [0.717, 1.165) is 31.9 Å². The maximum absolute atomic E-state index is 11.9. The van der Waals surface area contributed by atoms with Crippen LogP contribution < -0.4 is 10.2 Å². The number of nitrogens with one attached hydrogen (secondary N) is 1. The number of anilines is 1. The third-order valence-corrected chi connectivity index (χ3v) is 3.39. The van der Waals surface area contributed by atoms with Crippen molar-refractivity contribution in [2.75, 3.05) is 18.5 Å². The number of aliphatic carboxylic acids is 1. The second-order valence-electron chi connectivity index (χ2n) is 4.81. The first-order chi connectivity index (χ1) is 10.1. The lowest BCUT2D eigenvalue weighted by atomic mass is 10.0. The minimum atomic E-state index is -1.02. The number of carbonyl (C=O) groups is 2. The molecule has 21 heavy (non-hydrogen) atoms. The highest BCUT2D eigenvalue weighted by Gasteiger charge is 2.29. The molecule has 1 unspecified atom stereocenters. The van der Waals surface area contributed by atoms with E-state index in [4.69, 9.17) is 5.11 Å². The average molecular weight is 290 g/mol. The van der Waals surface area contributed by atoms with Crippen molar-refractivity contribution >= 4 is 23.9 Å². The highest BCUT2D eigenvalue weighted by molar-refractivity contribution is 5.85. The first-order valence-corrected chi connectivity index (χ1v) is 6.83. The fourth-order valence-corrected chi connectivity index (χ4v) is 2.34. The van der Waals surface area contributed by atoms with Crippen molar-refractivity contribution in [3.63, 3.8) is 0 Å². The fourth-order valence-electron chi connectivity index (χ4n) is 2.34. The molecule has 1 atom stereocenters. The van der Waals surface area contributed by atoms with E-state index >= 15 is 0 Å². The maximum atomic E-state index is 11.9. The first kappa shape index (κ1) is 15.0. The van der Waals surface area contributed by atoms with Gasteiger partial charge in [0.15, 0.2) is 0 Å². The Labute approximate surface area is 122 Å². The summed E-state index contributed by atoms with van der Waals surface area (Å²) in [7, 11) is 1.62. The van der Waals surface area contributed by atoms with Crippen molar-refractivity contribution in [3.05, 3.63) is 24.0 Å². The van der Waals surface area contributed by atoms with E-state index in [2.05, 4.69) is 15.3 Å². The molecule has 112 valence electrons. The fraction of sp³-hybridized carbons (Fsp3) is 0.429. The molecule has 2 N–H and O–H groups in total. The zero-order chi connectivity index (χ0) is 15.2. The lowest BCUT2D eigenvalue weighted by molar-refractivity contribution is -0.131. The number of nitrogens with zero attached hydrogens (tertiary/aromatic N) is 3. The Morgan fingerprint density at radius 3 is 2.71 bits per heavy atom. The number of aromatic nitrogens is 2. The molecule has 2 rings (SSSR count). The molecule has 1 amide bonds. The predicted octanol–water partition coefficient (Wildman–Crippen LogP) is 0.679. The first-order valence-electron chi connectivity index (χ1n) is 6.83. The van der Waals surface area contributed by atoms with Crippen LogP contribution in [0, 0.1) is 0 Å². The Morgan fingerprint density at radius 2 is 2.10 bits per heavy atom. The third kappa shape index (κ3) is 3.77. The molecule has 1 aliphatic rings. The summed E-state index contributed by atoms with van der Waals surface area (Å²) in [5, 5.41) is 11.2. The lowest BCUT2D eigenvalue weighted by Gasteiger charge is -2.34. The Balaban J connectivity index is 2.16. The molecule has 0 aromatic carbocycles. The second kappa shape index (κ2) is 6.83. The minimum absolute atomic E-state index is 0.0341. The molecule has 7 nitrogen and oxygen atoms in total. The van der Waals surface area contributed by atoms with Gasteiger partial charge in [0.2, 0.25) is 11.9 Å². The van der Waals surface area contributed by atoms with Gasteiger partial charge < -0.3 is 15.3 Å². The summed E-state index contributed by atoms with van der Waals surface area (Å²) in [5.74, 6) is -0.557. The van der Waals surface area contributed by atoms with Gasteiger partial charge in [-0.3, -0.25) is 4.79 Å². The van der Waals surface area contributed by atoms with Gasteiger partial charge in [-0.05, 0) is 25.3 Å². The molecule has 1 aromatic rings. The number of amides is 1. The summed E-state index contributed by atoms with van der Waals surface area (Å²) in [6.45, 7) is 0.738. The van der Waals surface area contributed by atoms with Gasteiger partial charge in [-0.2, -0.15) is 0 Å². The topological polar surface area (TPSA) is 95.4 Å². The van der Waals surface area contributed by atoms with Crippen LogP contribution in [0.25, 0.3) is 6.08 Å². The van der Waals surface area contributed by atoms with Crippen LogP contribution >= 0.6 is 0 Å². The van der Waals surface area contributed by atoms with Gasteiger partial charge >= 0.3 is 5.97 Å². The van der Waals surface area contributed by atoms with Gasteiger partial charge in [0.05, 0.1) is 0 Å². The molecular formula is C14H18N4O3. The van der Waals surface area contributed by atoms with Gasteiger partial charge in [-0.15, -0.1) is 0 Å². The predicted molar refractivity (Wildman–Crippen MR) is 77.8 cm³/mol. The average Bonchev–Trinajstić information content (AvgIpc) is 2.52. The number of likely N-dealkylation sites (N-methyl/N-ethyl adjacent to an activating group) is 1. The zero-order valence-corrected chi connectivity index (χ0v) is 11.8. The number of carbonyl (C=O) groups excluding carboxylic acids is 1. The molecule has 2 heterocycles. The van der Waals surface area contributed by atoms with E-state index in [1.54, 1.807) is 19.4 Å². The number of carboxylic acid groups (broad SMARTS) is 1. The highest BCUT2D eigenvalue weighted by atomic mass is 16.4. The largest absolute Gasteiger partial charge is 0.478 e. The van der Waals surface area contributed by atoms with Gasteiger partial charge in [0.1, 0.15) is 6.04 Å². The number of piperidine rings is 1. The van der Waals surface area contributed by atoms with E-state index in [1.807, 2.05) is 4.90 Å². The van der Waals surface area contributed by atoms with E-state index in [9.17, 15) is 9.59 Å². The SMILES string of the molecule is CNC(=O)C1CCCCN1c1ncc(/C=C/C(=O)O)cn1. The Kier molecular flexibility index (Phi) is 4.86. The van der Waals surface area contributed by atoms with Crippen LogP contribution in [-0.2, 0) is 9.59 Å². The van der Waals surface area contributed by atoms with Crippen molar-refractivity contribution in [1.29, 1.82) is 0 Å². The van der Waals surface area contributed by atoms with Crippen molar-refractivity contribution in [2.45, 2.75) is 25.3 Å². The van der Waals surface area contributed by atoms with Crippen molar-refractivity contribution in [1.82, 2.24) is 15.3 Å². The van der Waals surface area contributed by atoms with Crippen LogP contribution in [0.2, 0.25) is 0 Å². The number of hydrogen-bond donors (Lipinski definition) is 2. The van der Waals surface area contributed by atoms with Crippen molar-refractivity contribution in [3.8, 4) is 0 Å². The summed E-state index contributed by atoms with van der Waals surface area (Å²) >= 11 is 0. The van der Waals surface area contributed by atoms with E-state index in [1.165, 1.54) is 6.08 Å². The molecule has 1 saturated heterocycles. The second-order valence-corrected chi connectivity index (χ2v) is 4.81. The van der Waals surface area contributed by atoms with Crippen LogP contribution in [-0.4, -0.2) is 46.6 Å². The van der Waals surface area contributed by atoms with Crippen molar-refractivity contribution in [2.24, 2.45) is 0 Å². The van der Waals surface area contributed by atoms with Crippen molar-refractivity contribution < 1.29 is 14.7 Å². The molecular weight excluding hydrogens is 272 g/mol. The van der Waals surface area contributed by atoms with Crippen LogP contribution in [0.15, 0.2) is 18.5 Å². The van der Waals surface area contributed by atoms with Crippen LogP contribution in [0.3, 0.4) is 0 Å². The van der Waals surface area contributed by atoms with E-state index in [0.29, 0.717) is 11.5 Å². The molecule has 0 saturated carbocycles. The quantitative estimate of drug-likeness (QED) is 0.792. The molecule has 0 radical (unpaired) electrons. The number of rotatable bonds is 4. The standard InChI is InChI=1S/C14H18N4O3/c1-15-13(21)11-4-2-3-7-18(11)14-16-8-10(9-17-14)5-6-12(19)20/h5-6,8-9,11H,2-4,7H2,1H3,(H,15,21)(H,19,20)/b6-5+. The van der Waals surface area contributed by atoms with Crippen LogP contribution in [0.5, 0.6) is 0 Å². The summed E-state index contributed by atoms with van der Waals surface area (Å²) < 4.78 is 0. The molecule has 0 aliphatic carbocycles. The lowest BCUT2D eigenvalue weighted by Crippen LogP contribution is -2.49. The van der Waals surface area contributed by atoms with Crippen LogP contribution in [0.4, 0.5) is 5.95 Å². The monoisotopic (exact) mass is 290 g/mol. The number of carboxylic acids is 1. The van der Waals surface area contributed by atoms with E-state index < -0.39 is 5.97 Å².